The molecule has 84 valence electrons. The van der Waals surface area contributed by atoms with E-state index in [0.29, 0.717) is 22.6 Å². The molecule has 0 saturated carbocycles. The Labute approximate surface area is 96.0 Å². The van der Waals surface area contributed by atoms with Crippen molar-refractivity contribution in [1.82, 2.24) is 0 Å². The molecule has 0 aliphatic carbocycles. The molecular weight excluding hydrogens is 230 g/mol. The van der Waals surface area contributed by atoms with E-state index in [4.69, 9.17) is 25.8 Å². The van der Waals surface area contributed by atoms with Crippen molar-refractivity contribution >= 4 is 35.0 Å². The molecule has 0 atom stereocenters. The van der Waals surface area contributed by atoms with E-state index in [0.717, 1.165) is 0 Å². The molecule has 6 heteroatoms. The first-order valence-corrected chi connectivity index (χ1v) is 4.90. The van der Waals surface area contributed by atoms with Crippen LogP contribution in [0.4, 0.5) is 5.69 Å². The summed E-state index contributed by atoms with van der Waals surface area (Å²) in [6, 6.07) is 3.22. The van der Waals surface area contributed by atoms with Gasteiger partial charge in [0, 0.05) is 31.3 Å². The predicted molar refractivity (Wildman–Crippen MR) is 60.2 cm³/mol. The Balaban J connectivity index is 2.61. The van der Waals surface area contributed by atoms with Crippen LogP contribution in [0.5, 0.6) is 5.75 Å². The molecule has 1 heterocycles. The normalized spacial score (nSPS) is 10.4. The molecular formula is C10H9NO4S. The van der Waals surface area contributed by atoms with Crippen LogP contribution in [-0.2, 0) is 4.79 Å². The van der Waals surface area contributed by atoms with Crippen molar-refractivity contribution in [2.45, 2.75) is 6.92 Å². The molecule has 0 unspecified atom stereocenters. The number of amides is 1. The lowest BCUT2D eigenvalue weighted by molar-refractivity contribution is -0.114. The molecule has 0 bridgehead atoms. The third-order valence-electron chi connectivity index (χ3n) is 1.96. The second-order valence-corrected chi connectivity index (χ2v) is 3.47. The van der Waals surface area contributed by atoms with Crippen LogP contribution in [-0.4, -0.2) is 13.0 Å². The molecule has 0 spiro atoms. The number of carbonyl (C=O) groups is 1. The Bertz CT molecular complexity index is 598. The smallest absolute Gasteiger partial charge is 0.363 e. The van der Waals surface area contributed by atoms with E-state index in [9.17, 15) is 4.79 Å². The fraction of sp³-hybridized carbons (Fsp3) is 0.200. The molecule has 5 nitrogen and oxygen atoms in total. The standard InChI is InChI=1S/C10H9NO4S/c1-5(12)11-6-3-8-9(4-7(6)13-2)15-10(16)14-8/h3-4H,1-2H3,(H,11,12). The molecule has 0 aliphatic heterocycles. The number of rotatable bonds is 2. The fourth-order valence-corrected chi connectivity index (χ4v) is 1.54. The van der Waals surface area contributed by atoms with Crippen LogP contribution in [0.2, 0.25) is 0 Å². The molecule has 2 aromatic rings. The van der Waals surface area contributed by atoms with Crippen molar-refractivity contribution in [3.8, 4) is 5.75 Å². The molecule has 0 radical (unpaired) electrons. The maximum atomic E-state index is 11.0. The van der Waals surface area contributed by atoms with E-state index in [1.54, 1.807) is 12.1 Å². The van der Waals surface area contributed by atoms with E-state index < -0.39 is 0 Å². The van der Waals surface area contributed by atoms with Gasteiger partial charge in [-0.1, -0.05) is 0 Å². The highest BCUT2D eigenvalue weighted by Gasteiger charge is 2.10. The third kappa shape index (κ3) is 1.92. The van der Waals surface area contributed by atoms with Crippen LogP contribution in [0.25, 0.3) is 11.2 Å². The van der Waals surface area contributed by atoms with Gasteiger partial charge >= 0.3 is 4.90 Å². The quantitative estimate of drug-likeness (QED) is 0.816. The van der Waals surface area contributed by atoms with Gasteiger partial charge in [-0.15, -0.1) is 0 Å². The highest BCUT2D eigenvalue weighted by molar-refractivity contribution is 7.71. The van der Waals surface area contributed by atoms with Gasteiger partial charge in [-0.25, -0.2) is 0 Å². The number of anilines is 1. The van der Waals surface area contributed by atoms with Crippen molar-refractivity contribution in [3.63, 3.8) is 0 Å². The van der Waals surface area contributed by atoms with Crippen molar-refractivity contribution in [3.05, 3.63) is 17.0 Å². The number of benzene rings is 1. The van der Waals surface area contributed by atoms with Crippen molar-refractivity contribution in [2.75, 3.05) is 12.4 Å². The summed E-state index contributed by atoms with van der Waals surface area (Å²) in [5, 5.41) is 2.63. The molecule has 2 rings (SSSR count). The maximum Gasteiger partial charge on any atom is 0.363 e. The van der Waals surface area contributed by atoms with E-state index in [2.05, 4.69) is 5.32 Å². The number of hydrogen-bond donors (Lipinski definition) is 1. The first kappa shape index (κ1) is 10.7. The Morgan fingerprint density at radius 3 is 2.56 bits per heavy atom. The molecule has 0 saturated heterocycles. The fourth-order valence-electron chi connectivity index (χ4n) is 1.36. The number of ether oxygens (including phenoxy) is 1. The minimum Gasteiger partial charge on any atom is -0.494 e. The van der Waals surface area contributed by atoms with Gasteiger partial charge in [0.25, 0.3) is 0 Å². The summed E-state index contributed by atoms with van der Waals surface area (Å²) in [6.45, 7) is 1.41. The van der Waals surface area contributed by atoms with E-state index in [-0.39, 0.29) is 10.8 Å². The van der Waals surface area contributed by atoms with Gasteiger partial charge in [0.05, 0.1) is 12.8 Å². The zero-order valence-electron chi connectivity index (χ0n) is 8.70. The summed E-state index contributed by atoms with van der Waals surface area (Å²) >= 11 is 4.76. The second kappa shape index (κ2) is 3.97. The second-order valence-electron chi connectivity index (χ2n) is 3.13. The SMILES string of the molecule is COc1cc2oc(=S)oc2cc1NC(C)=O. The van der Waals surface area contributed by atoms with Crippen molar-refractivity contribution in [2.24, 2.45) is 0 Å². The van der Waals surface area contributed by atoms with Crippen LogP contribution in [0.1, 0.15) is 6.92 Å². The van der Waals surface area contributed by atoms with Crippen LogP contribution in [0.15, 0.2) is 21.0 Å². The zero-order chi connectivity index (χ0) is 11.7. The van der Waals surface area contributed by atoms with E-state index >= 15 is 0 Å². The molecule has 0 aliphatic rings. The molecule has 1 N–H and O–H groups in total. The zero-order valence-corrected chi connectivity index (χ0v) is 9.51. The van der Waals surface area contributed by atoms with Gasteiger partial charge in [-0.05, 0) is 0 Å². The van der Waals surface area contributed by atoms with Gasteiger partial charge in [0.1, 0.15) is 5.75 Å². The monoisotopic (exact) mass is 239 g/mol. The third-order valence-corrected chi connectivity index (χ3v) is 2.13. The summed E-state index contributed by atoms with van der Waals surface area (Å²) < 4.78 is 15.4. The summed E-state index contributed by atoms with van der Waals surface area (Å²) in [5.74, 6) is 0.294. The van der Waals surface area contributed by atoms with Gasteiger partial charge < -0.3 is 18.9 Å². The average molecular weight is 239 g/mol. The largest absolute Gasteiger partial charge is 0.494 e. The predicted octanol–water partition coefficient (Wildman–Crippen LogP) is 2.72. The highest BCUT2D eigenvalue weighted by Crippen LogP contribution is 2.31. The van der Waals surface area contributed by atoms with E-state index in [1.807, 2.05) is 0 Å². The lowest BCUT2D eigenvalue weighted by Crippen LogP contribution is -2.06. The summed E-state index contributed by atoms with van der Waals surface area (Å²) in [7, 11) is 1.50. The van der Waals surface area contributed by atoms with Crippen molar-refractivity contribution < 1.29 is 18.4 Å². The number of carbonyl (C=O) groups excluding carboxylic acids is 1. The summed E-state index contributed by atoms with van der Waals surface area (Å²) in [6.07, 6.45) is 0. The Kier molecular flexibility index (Phi) is 2.66. The molecule has 1 aromatic carbocycles. The molecule has 1 amide bonds. The minimum atomic E-state index is -0.195. The van der Waals surface area contributed by atoms with Gasteiger partial charge in [-0.2, -0.15) is 0 Å². The number of methoxy groups -OCH3 is 1. The first-order chi connectivity index (χ1) is 7.60. The lowest BCUT2D eigenvalue weighted by atomic mass is 10.2. The lowest BCUT2D eigenvalue weighted by Gasteiger charge is -2.07. The van der Waals surface area contributed by atoms with Crippen LogP contribution >= 0.6 is 12.2 Å². The maximum absolute atomic E-state index is 11.0. The van der Waals surface area contributed by atoms with Gasteiger partial charge in [-0.3, -0.25) is 4.79 Å². The van der Waals surface area contributed by atoms with Crippen molar-refractivity contribution in [1.29, 1.82) is 0 Å². The topological polar surface area (TPSA) is 64.6 Å². The van der Waals surface area contributed by atoms with E-state index in [1.165, 1.54) is 14.0 Å². The van der Waals surface area contributed by atoms with Gasteiger partial charge in [0.2, 0.25) is 5.91 Å². The number of hydrogen-bond acceptors (Lipinski definition) is 5. The minimum absolute atomic E-state index is 0.0389. The highest BCUT2D eigenvalue weighted by atomic mass is 32.1. The number of nitrogens with one attached hydrogen (secondary N) is 1. The van der Waals surface area contributed by atoms with Crippen LogP contribution < -0.4 is 10.1 Å². The summed E-state index contributed by atoms with van der Waals surface area (Å²) in [4.78, 5) is 11.0. The molecule has 1 aromatic heterocycles. The first-order valence-electron chi connectivity index (χ1n) is 4.49. The number of fused-ring (bicyclic) bond motifs is 1. The molecule has 0 fully saturated rings. The molecule has 16 heavy (non-hydrogen) atoms. The van der Waals surface area contributed by atoms with Gasteiger partial charge in [0.15, 0.2) is 11.2 Å². The average Bonchev–Trinajstić information content (AvgIpc) is 2.55. The Morgan fingerprint density at radius 2 is 2.00 bits per heavy atom. The Morgan fingerprint density at radius 1 is 1.38 bits per heavy atom. The summed E-state index contributed by atoms with van der Waals surface area (Å²) in [5.41, 5.74) is 1.47. The van der Waals surface area contributed by atoms with Crippen LogP contribution in [0.3, 0.4) is 0 Å². The van der Waals surface area contributed by atoms with Crippen LogP contribution in [0, 0.1) is 4.90 Å². The Hall–Kier alpha value is -1.82.